The molecule has 1 fully saturated rings. The van der Waals surface area contributed by atoms with E-state index in [9.17, 15) is 24.5 Å². The van der Waals surface area contributed by atoms with Crippen LogP contribution in [0.4, 0.5) is 5.69 Å². The van der Waals surface area contributed by atoms with E-state index in [-0.39, 0.29) is 17.8 Å². The molecule has 1 aliphatic carbocycles. The maximum Gasteiger partial charge on any atom is 0.282 e. The van der Waals surface area contributed by atoms with Gasteiger partial charge >= 0.3 is 0 Å². The Morgan fingerprint density at radius 1 is 1.06 bits per heavy atom. The third kappa shape index (κ3) is 3.72. The smallest absolute Gasteiger partial charge is 0.272 e. The number of hydrogen-bond acceptors (Lipinski definition) is 5. The van der Waals surface area contributed by atoms with E-state index < -0.39 is 34.5 Å². The van der Waals surface area contributed by atoms with Crippen LogP contribution in [0, 0.1) is 22.0 Å². The largest absolute Gasteiger partial charge is 0.282 e. The molecule has 0 saturated carbocycles. The van der Waals surface area contributed by atoms with E-state index in [0.29, 0.717) is 18.4 Å². The number of allylic oxidation sites excluding steroid dienone is 2. The first kappa shape index (κ1) is 20.5. The van der Waals surface area contributed by atoms with Crippen LogP contribution in [0.2, 0.25) is 0 Å². The van der Waals surface area contributed by atoms with Gasteiger partial charge in [0.2, 0.25) is 0 Å². The second kappa shape index (κ2) is 8.14. The number of amides is 3. The number of nitro benzene ring substituents is 1. The summed E-state index contributed by atoms with van der Waals surface area (Å²) in [6.07, 6.45) is 2.85. The molecular weight excluding hydrogens is 398 g/mol. The van der Waals surface area contributed by atoms with Gasteiger partial charge in [0.05, 0.1) is 23.3 Å². The van der Waals surface area contributed by atoms with Gasteiger partial charge in [0.15, 0.2) is 0 Å². The van der Waals surface area contributed by atoms with Gasteiger partial charge in [-0.25, -0.2) is 5.01 Å². The summed E-state index contributed by atoms with van der Waals surface area (Å²) in [4.78, 5) is 50.7. The zero-order valence-corrected chi connectivity index (χ0v) is 16.9. The van der Waals surface area contributed by atoms with E-state index in [2.05, 4.69) is 0 Å². The minimum atomic E-state index is -0.763. The normalized spacial score (nSPS) is 20.3. The number of para-hydroxylation sites is 1. The van der Waals surface area contributed by atoms with E-state index in [0.717, 1.165) is 15.6 Å². The van der Waals surface area contributed by atoms with E-state index in [1.165, 1.54) is 24.3 Å². The predicted molar refractivity (Wildman–Crippen MR) is 111 cm³/mol. The van der Waals surface area contributed by atoms with E-state index in [1.54, 1.807) is 24.3 Å². The molecular formula is C23H21N3O5. The monoisotopic (exact) mass is 419 g/mol. The van der Waals surface area contributed by atoms with Crippen LogP contribution in [0.1, 0.15) is 35.7 Å². The van der Waals surface area contributed by atoms with Crippen molar-refractivity contribution in [1.82, 2.24) is 10.0 Å². The Balaban J connectivity index is 1.76. The second-order valence-electron chi connectivity index (χ2n) is 7.81. The van der Waals surface area contributed by atoms with Crippen LogP contribution in [0.3, 0.4) is 0 Å². The first-order chi connectivity index (χ1) is 14.9. The zero-order chi connectivity index (χ0) is 22.1. The predicted octanol–water partition coefficient (Wildman–Crippen LogP) is 3.49. The lowest BCUT2D eigenvalue weighted by molar-refractivity contribution is -0.385. The SMILES string of the molecule is CC1=CC[C@@H]2C(=O)N(N(Cc3ccccc3)C(=O)c3ccccc3[N+](=O)[O-])C(=O)[C@@H]2C1. The molecule has 8 nitrogen and oxygen atoms in total. The van der Waals surface area contributed by atoms with Crippen molar-refractivity contribution in [1.29, 1.82) is 0 Å². The van der Waals surface area contributed by atoms with Crippen molar-refractivity contribution in [3.63, 3.8) is 0 Å². The molecule has 1 heterocycles. The number of hydrazine groups is 1. The summed E-state index contributed by atoms with van der Waals surface area (Å²) in [6.45, 7) is 1.85. The van der Waals surface area contributed by atoms with E-state index in [1.807, 2.05) is 19.1 Å². The molecule has 2 aromatic rings. The molecule has 1 saturated heterocycles. The van der Waals surface area contributed by atoms with Crippen molar-refractivity contribution >= 4 is 23.4 Å². The highest BCUT2D eigenvalue weighted by Crippen LogP contribution is 2.39. The van der Waals surface area contributed by atoms with E-state index in [4.69, 9.17) is 0 Å². The number of nitrogens with zero attached hydrogens (tertiary/aromatic N) is 3. The van der Waals surface area contributed by atoms with Crippen LogP contribution in [-0.2, 0) is 16.1 Å². The van der Waals surface area contributed by atoms with Crippen molar-refractivity contribution < 1.29 is 19.3 Å². The molecule has 0 N–H and O–H groups in total. The Morgan fingerprint density at radius 2 is 1.71 bits per heavy atom. The van der Waals surface area contributed by atoms with Crippen molar-refractivity contribution in [3.8, 4) is 0 Å². The third-order valence-corrected chi connectivity index (χ3v) is 5.78. The fraction of sp³-hybridized carbons (Fsp3) is 0.261. The average Bonchev–Trinajstić information content (AvgIpc) is 3.01. The molecule has 158 valence electrons. The maximum absolute atomic E-state index is 13.5. The number of hydrogen-bond donors (Lipinski definition) is 0. The molecule has 0 bridgehead atoms. The van der Waals surface area contributed by atoms with Crippen molar-refractivity contribution in [3.05, 3.63) is 87.5 Å². The minimum absolute atomic E-state index is 0.0605. The van der Waals surface area contributed by atoms with Crippen molar-refractivity contribution in [2.45, 2.75) is 26.3 Å². The fourth-order valence-corrected chi connectivity index (χ4v) is 4.20. The molecule has 2 aromatic carbocycles. The van der Waals surface area contributed by atoms with Crippen LogP contribution < -0.4 is 0 Å². The van der Waals surface area contributed by atoms with Gasteiger partial charge < -0.3 is 0 Å². The number of rotatable bonds is 5. The Kier molecular flexibility index (Phi) is 5.37. The lowest BCUT2D eigenvalue weighted by atomic mass is 9.82. The van der Waals surface area contributed by atoms with Gasteiger partial charge in [-0.1, -0.05) is 54.1 Å². The van der Waals surface area contributed by atoms with Gasteiger partial charge in [-0.05, 0) is 31.4 Å². The van der Waals surface area contributed by atoms with Crippen LogP contribution >= 0.6 is 0 Å². The molecule has 0 aromatic heterocycles. The maximum atomic E-state index is 13.5. The summed E-state index contributed by atoms with van der Waals surface area (Å²) >= 11 is 0. The molecule has 0 spiro atoms. The molecule has 1 aliphatic heterocycles. The first-order valence-corrected chi connectivity index (χ1v) is 10.0. The molecule has 3 amide bonds. The number of carbonyl (C=O) groups is 3. The Bertz CT molecular complexity index is 1100. The molecule has 0 radical (unpaired) electrons. The highest BCUT2D eigenvalue weighted by Gasteiger charge is 2.51. The minimum Gasteiger partial charge on any atom is -0.272 e. The summed E-state index contributed by atoms with van der Waals surface area (Å²) < 4.78 is 0. The van der Waals surface area contributed by atoms with Crippen LogP contribution in [0.15, 0.2) is 66.2 Å². The van der Waals surface area contributed by atoms with Gasteiger partial charge in [0, 0.05) is 6.07 Å². The molecule has 4 rings (SSSR count). The Morgan fingerprint density at radius 3 is 2.42 bits per heavy atom. The number of carbonyl (C=O) groups excluding carboxylic acids is 3. The van der Waals surface area contributed by atoms with Crippen LogP contribution in [0.25, 0.3) is 0 Å². The zero-order valence-electron chi connectivity index (χ0n) is 16.9. The number of imide groups is 1. The van der Waals surface area contributed by atoms with Gasteiger partial charge in [-0.3, -0.25) is 24.5 Å². The number of fused-ring (bicyclic) bond motifs is 1. The summed E-state index contributed by atoms with van der Waals surface area (Å²) in [5, 5.41) is 13.4. The standard InChI is InChI=1S/C23H21N3O5/c1-15-11-12-17-19(13-15)23(29)25(22(17)28)24(14-16-7-3-2-4-8-16)21(27)18-9-5-6-10-20(18)26(30)31/h2-11,17,19H,12-14H2,1H3/t17-,19+/m0/s1. The van der Waals surface area contributed by atoms with Gasteiger partial charge in [0.1, 0.15) is 5.56 Å². The lowest BCUT2D eigenvalue weighted by Crippen LogP contribution is -2.50. The average molecular weight is 419 g/mol. The van der Waals surface area contributed by atoms with Crippen molar-refractivity contribution in [2.75, 3.05) is 0 Å². The topological polar surface area (TPSA) is 101 Å². The summed E-state index contributed by atoms with van der Waals surface area (Å²) in [5.74, 6) is -2.68. The molecule has 2 aliphatic rings. The Hall–Kier alpha value is -3.81. The molecule has 0 unspecified atom stereocenters. The van der Waals surface area contributed by atoms with Gasteiger partial charge in [-0.2, -0.15) is 5.01 Å². The van der Waals surface area contributed by atoms with Crippen LogP contribution in [0.5, 0.6) is 0 Å². The molecule has 31 heavy (non-hydrogen) atoms. The summed E-state index contributed by atoms with van der Waals surface area (Å²) in [5.41, 5.74) is 1.18. The second-order valence-corrected chi connectivity index (χ2v) is 7.81. The summed E-state index contributed by atoms with van der Waals surface area (Å²) in [7, 11) is 0. The van der Waals surface area contributed by atoms with Gasteiger partial charge in [0.25, 0.3) is 23.4 Å². The first-order valence-electron chi connectivity index (χ1n) is 10.0. The highest BCUT2D eigenvalue weighted by molar-refractivity contribution is 6.08. The fourth-order valence-electron chi connectivity index (χ4n) is 4.20. The quantitative estimate of drug-likeness (QED) is 0.320. The third-order valence-electron chi connectivity index (χ3n) is 5.78. The summed E-state index contributed by atoms with van der Waals surface area (Å²) in [6, 6.07) is 14.5. The number of benzene rings is 2. The molecule has 2 atom stereocenters. The Labute approximate surface area is 178 Å². The van der Waals surface area contributed by atoms with Crippen LogP contribution in [-0.4, -0.2) is 32.7 Å². The van der Waals surface area contributed by atoms with E-state index >= 15 is 0 Å². The molecule has 8 heteroatoms. The highest BCUT2D eigenvalue weighted by atomic mass is 16.6. The lowest BCUT2D eigenvalue weighted by Gasteiger charge is -2.30. The number of nitro groups is 1. The van der Waals surface area contributed by atoms with Crippen molar-refractivity contribution in [2.24, 2.45) is 11.8 Å². The van der Waals surface area contributed by atoms with Gasteiger partial charge in [-0.15, -0.1) is 0 Å².